The molecule has 104 valence electrons. The number of nitrogens with zero attached hydrogens (tertiary/aromatic N) is 1. The standard InChI is InChI=1S/C17H13NO3/c19-14-8-4-5-12(9-10-14)11-15-17(20)21-16(18-15)13-6-2-1-3-7-13/h1-4,6-11,19H,5H2/b15-11+. The Morgan fingerprint density at radius 3 is 2.81 bits per heavy atom. The quantitative estimate of drug-likeness (QED) is 0.668. The van der Waals surface area contributed by atoms with Crippen LogP contribution in [0.25, 0.3) is 0 Å². The maximum atomic E-state index is 11.9. The Balaban J connectivity index is 1.89. The number of benzene rings is 1. The molecule has 4 heteroatoms. The molecule has 0 bridgehead atoms. The maximum absolute atomic E-state index is 11.9. The number of rotatable bonds is 2. The van der Waals surface area contributed by atoms with Gasteiger partial charge in [-0.15, -0.1) is 0 Å². The van der Waals surface area contributed by atoms with E-state index in [1.165, 1.54) is 0 Å². The van der Waals surface area contributed by atoms with Crippen molar-refractivity contribution in [1.82, 2.24) is 0 Å². The first-order valence-electron chi connectivity index (χ1n) is 6.57. The smallest absolute Gasteiger partial charge is 0.363 e. The van der Waals surface area contributed by atoms with E-state index in [4.69, 9.17) is 4.74 Å². The summed E-state index contributed by atoms with van der Waals surface area (Å²) in [5, 5.41) is 9.40. The van der Waals surface area contributed by atoms with Gasteiger partial charge in [-0.1, -0.05) is 30.4 Å². The minimum absolute atomic E-state index is 0.186. The average Bonchev–Trinajstić information content (AvgIpc) is 2.73. The highest BCUT2D eigenvalue weighted by Crippen LogP contribution is 2.20. The molecule has 1 heterocycles. The monoisotopic (exact) mass is 279 g/mol. The number of hydrogen-bond donors (Lipinski definition) is 1. The van der Waals surface area contributed by atoms with E-state index < -0.39 is 5.97 Å². The summed E-state index contributed by atoms with van der Waals surface area (Å²) in [4.78, 5) is 16.1. The van der Waals surface area contributed by atoms with Crippen molar-refractivity contribution in [1.29, 1.82) is 0 Å². The third-order valence-electron chi connectivity index (χ3n) is 3.07. The highest BCUT2D eigenvalue weighted by atomic mass is 16.6. The predicted molar refractivity (Wildman–Crippen MR) is 79.7 cm³/mol. The Labute approximate surface area is 122 Å². The first kappa shape index (κ1) is 13.1. The number of hydrogen-bond acceptors (Lipinski definition) is 4. The van der Waals surface area contributed by atoms with Crippen molar-refractivity contribution >= 4 is 11.9 Å². The zero-order valence-electron chi connectivity index (χ0n) is 11.2. The van der Waals surface area contributed by atoms with E-state index in [1.807, 2.05) is 36.4 Å². The van der Waals surface area contributed by atoms with Crippen molar-refractivity contribution < 1.29 is 14.6 Å². The summed E-state index contributed by atoms with van der Waals surface area (Å²) in [7, 11) is 0. The summed E-state index contributed by atoms with van der Waals surface area (Å²) in [5.41, 5.74) is 1.91. The van der Waals surface area contributed by atoms with Crippen molar-refractivity contribution in [3.05, 3.63) is 83.3 Å². The Kier molecular flexibility index (Phi) is 3.51. The largest absolute Gasteiger partial charge is 0.508 e. The van der Waals surface area contributed by atoms with Crippen LogP contribution in [-0.2, 0) is 9.53 Å². The second kappa shape index (κ2) is 5.63. The van der Waals surface area contributed by atoms with E-state index in [0.717, 1.165) is 11.1 Å². The second-order valence-electron chi connectivity index (χ2n) is 4.64. The van der Waals surface area contributed by atoms with Crippen LogP contribution in [0.5, 0.6) is 0 Å². The zero-order chi connectivity index (χ0) is 14.7. The molecule has 0 aromatic heterocycles. The van der Waals surface area contributed by atoms with Gasteiger partial charge in [0.05, 0.1) is 0 Å². The van der Waals surface area contributed by atoms with Gasteiger partial charge in [-0.25, -0.2) is 9.79 Å². The number of ether oxygens (including phenoxy) is 1. The van der Waals surface area contributed by atoms with Crippen molar-refractivity contribution in [3.63, 3.8) is 0 Å². The second-order valence-corrected chi connectivity index (χ2v) is 4.64. The molecule has 0 saturated carbocycles. The van der Waals surface area contributed by atoms with Gasteiger partial charge in [0.15, 0.2) is 5.70 Å². The molecule has 3 rings (SSSR count). The van der Waals surface area contributed by atoms with Crippen molar-refractivity contribution in [2.75, 3.05) is 0 Å². The Bertz CT molecular complexity index is 722. The van der Waals surface area contributed by atoms with Crippen LogP contribution in [0.15, 0.2) is 82.7 Å². The van der Waals surface area contributed by atoms with Crippen LogP contribution in [0.4, 0.5) is 0 Å². The predicted octanol–water partition coefficient (Wildman–Crippen LogP) is 3.20. The molecule has 2 aliphatic rings. The first-order valence-corrected chi connectivity index (χ1v) is 6.57. The number of allylic oxidation sites excluding steroid dienone is 6. The summed E-state index contributed by atoms with van der Waals surface area (Å²) < 4.78 is 5.19. The summed E-state index contributed by atoms with van der Waals surface area (Å²) in [6.07, 6.45) is 9.08. The third kappa shape index (κ3) is 3.00. The molecule has 1 aliphatic heterocycles. The molecule has 1 N–H and O–H groups in total. The van der Waals surface area contributed by atoms with Gasteiger partial charge >= 0.3 is 5.97 Å². The van der Waals surface area contributed by atoms with E-state index in [0.29, 0.717) is 12.3 Å². The molecule has 21 heavy (non-hydrogen) atoms. The lowest BCUT2D eigenvalue weighted by Crippen LogP contribution is -2.05. The first-order chi connectivity index (χ1) is 10.2. The van der Waals surface area contributed by atoms with E-state index in [2.05, 4.69) is 4.99 Å². The third-order valence-corrected chi connectivity index (χ3v) is 3.07. The van der Waals surface area contributed by atoms with Gasteiger partial charge in [0.2, 0.25) is 5.90 Å². The van der Waals surface area contributed by atoms with Crippen molar-refractivity contribution in [2.45, 2.75) is 6.42 Å². The normalized spacial score (nSPS) is 19.7. The summed E-state index contributed by atoms with van der Waals surface area (Å²) in [5.74, 6) is 0.0389. The SMILES string of the molecule is O=C1OC(c2ccccc2)=N/C1=C/C1=CC=C(O)C=CC1. The van der Waals surface area contributed by atoms with Crippen LogP contribution in [0.3, 0.4) is 0 Å². The van der Waals surface area contributed by atoms with E-state index in [1.54, 1.807) is 24.3 Å². The van der Waals surface area contributed by atoms with Crippen LogP contribution >= 0.6 is 0 Å². The highest BCUT2D eigenvalue weighted by Gasteiger charge is 2.24. The molecule has 1 aromatic carbocycles. The van der Waals surface area contributed by atoms with Crippen molar-refractivity contribution in [2.24, 2.45) is 4.99 Å². The molecule has 0 atom stereocenters. The van der Waals surface area contributed by atoms with Crippen LogP contribution in [0.2, 0.25) is 0 Å². The van der Waals surface area contributed by atoms with E-state index in [9.17, 15) is 9.90 Å². The molecule has 0 fully saturated rings. The zero-order valence-corrected chi connectivity index (χ0v) is 11.2. The van der Waals surface area contributed by atoms with E-state index in [-0.39, 0.29) is 11.5 Å². The molecule has 0 radical (unpaired) electrons. The number of cyclic esters (lactones) is 1. The lowest BCUT2D eigenvalue weighted by molar-refractivity contribution is -0.130. The molecule has 4 nitrogen and oxygen atoms in total. The lowest BCUT2D eigenvalue weighted by Gasteiger charge is -1.97. The molecule has 0 saturated heterocycles. The van der Waals surface area contributed by atoms with Gasteiger partial charge in [0.1, 0.15) is 5.76 Å². The number of carbonyl (C=O) groups excluding carboxylic acids is 1. The number of aliphatic hydroxyl groups is 1. The van der Waals surface area contributed by atoms with Crippen LogP contribution < -0.4 is 0 Å². The molecule has 0 unspecified atom stereocenters. The van der Waals surface area contributed by atoms with Gasteiger partial charge < -0.3 is 9.84 Å². The van der Waals surface area contributed by atoms with Gasteiger partial charge in [-0.2, -0.15) is 0 Å². The highest BCUT2D eigenvalue weighted by molar-refractivity contribution is 6.11. The molecule has 0 spiro atoms. The van der Waals surface area contributed by atoms with E-state index >= 15 is 0 Å². The van der Waals surface area contributed by atoms with Gasteiger partial charge in [-0.3, -0.25) is 0 Å². The number of carbonyl (C=O) groups is 1. The minimum atomic E-state index is -0.462. The number of aliphatic imine (C=N–C) groups is 1. The topological polar surface area (TPSA) is 58.9 Å². The van der Waals surface area contributed by atoms with Crippen LogP contribution in [-0.4, -0.2) is 17.0 Å². The molecule has 1 aliphatic carbocycles. The Morgan fingerprint density at radius 2 is 2.00 bits per heavy atom. The molecule has 0 amide bonds. The molecule has 1 aromatic rings. The van der Waals surface area contributed by atoms with Gasteiger partial charge in [0, 0.05) is 5.56 Å². The van der Waals surface area contributed by atoms with Gasteiger partial charge in [0.25, 0.3) is 0 Å². The average molecular weight is 279 g/mol. The number of esters is 1. The lowest BCUT2D eigenvalue weighted by atomic mass is 10.1. The molecular formula is C17H13NO3. The van der Waals surface area contributed by atoms with Gasteiger partial charge in [-0.05, 0) is 42.4 Å². The van der Waals surface area contributed by atoms with Crippen LogP contribution in [0.1, 0.15) is 12.0 Å². The maximum Gasteiger partial charge on any atom is 0.363 e. The Morgan fingerprint density at radius 1 is 1.19 bits per heavy atom. The Hall–Kier alpha value is -2.88. The summed E-state index contributed by atoms with van der Waals surface area (Å²) in [6, 6.07) is 9.28. The molecular weight excluding hydrogens is 266 g/mol. The number of aliphatic hydroxyl groups excluding tert-OH is 1. The van der Waals surface area contributed by atoms with Crippen molar-refractivity contribution in [3.8, 4) is 0 Å². The fourth-order valence-corrected chi connectivity index (χ4v) is 2.03. The fraction of sp³-hybridized carbons (Fsp3) is 0.0588. The van der Waals surface area contributed by atoms with Crippen LogP contribution in [0, 0.1) is 0 Å². The fourth-order valence-electron chi connectivity index (χ4n) is 2.03. The minimum Gasteiger partial charge on any atom is -0.508 e. The summed E-state index contributed by atoms with van der Waals surface area (Å²) >= 11 is 0. The summed E-state index contributed by atoms with van der Waals surface area (Å²) in [6.45, 7) is 0.